The fourth-order valence-corrected chi connectivity index (χ4v) is 2.13. The van der Waals surface area contributed by atoms with Gasteiger partial charge in [0.2, 0.25) is 0 Å². The molecule has 0 saturated carbocycles. The highest BCUT2D eigenvalue weighted by Gasteiger charge is 2.21. The third-order valence-electron chi connectivity index (χ3n) is 2.59. The summed E-state index contributed by atoms with van der Waals surface area (Å²) < 4.78 is 30.0. The molecule has 1 atom stereocenters. The molecule has 0 fully saturated rings. The Bertz CT molecular complexity index is 544. The number of hydrogen-bond donors (Lipinski definition) is 3. The van der Waals surface area contributed by atoms with E-state index in [9.17, 15) is 8.96 Å². The second-order valence-electron chi connectivity index (χ2n) is 4.32. The van der Waals surface area contributed by atoms with Crippen LogP contribution in [0, 0.1) is 0 Å². The van der Waals surface area contributed by atoms with Gasteiger partial charge in [0.05, 0.1) is 19.4 Å². The van der Waals surface area contributed by atoms with Crippen molar-refractivity contribution in [2.24, 2.45) is 10.8 Å². The van der Waals surface area contributed by atoms with Crippen molar-refractivity contribution in [2.75, 3.05) is 13.0 Å². The highest BCUT2D eigenvalue weighted by atomic mass is 31.2. The lowest BCUT2D eigenvalue weighted by atomic mass is 10.3. The maximum absolute atomic E-state index is 12.8. The van der Waals surface area contributed by atoms with E-state index in [0.29, 0.717) is 18.1 Å². The van der Waals surface area contributed by atoms with Crippen LogP contribution in [0.2, 0.25) is 0 Å². The Balaban J connectivity index is 2.03. The molecular formula is C9H15FN5O4P. The van der Waals surface area contributed by atoms with Crippen molar-refractivity contribution in [1.29, 1.82) is 0 Å². The lowest BCUT2D eigenvalue weighted by Crippen LogP contribution is -2.31. The summed E-state index contributed by atoms with van der Waals surface area (Å²) >= 11 is 0. The Kier molecular flexibility index (Phi) is 4.51. The molecule has 0 aliphatic carbocycles. The summed E-state index contributed by atoms with van der Waals surface area (Å²) in [6, 6.07) is 0. The lowest BCUT2D eigenvalue weighted by Gasteiger charge is -2.19. The van der Waals surface area contributed by atoms with Gasteiger partial charge >= 0.3 is 7.60 Å². The van der Waals surface area contributed by atoms with Crippen LogP contribution < -0.4 is 5.84 Å². The Labute approximate surface area is 114 Å². The first-order valence-electron chi connectivity index (χ1n) is 5.70. The number of nitrogens with zero attached hydrogens (tertiary/aromatic N) is 4. The zero-order chi connectivity index (χ0) is 14.8. The van der Waals surface area contributed by atoms with E-state index in [1.54, 1.807) is 4.57 Å². The quantitative estimate of drug-likeness (QED) is 0.487. The maximum atomic E-state index is 12.8. The van der Waals surface area contributed by atoms with Crippen LogP contribution in [-0.2, 0) is 22.4 Å². The Hall–Kier alpha value is -1.32. The first-order valence-corrected chi connectivity index (χ1v) is 7.50. The number of aromatic nitrogens is 2. The predicted molar refractivity (Wildman–Crippen MR) is 67.9 cm³/mol. The summed E-state index contributed by atoms with van der Waals surface area (Å²) in [6.07, 6.45) is 1.08. The van der Waals surface area contributed by atoms with E-state index in [2.05, 4.69) is 9.98 Å². The summed E-state index contributed by atoms with van der Waals surface area (Å²) in [5.74, 6) is 6.08. The minimum Gasteiger partial charge on any atom is -0.361 e. The summed E-state index contributed by atoms with van der Waals surface area (Å²) in [5.41, 5.74) is 0.641. The molecule has 1 aliphatic rings. The van der Waals surface area contributed by atoms with E-state index < -0.39 is 26.7 Å². The fraction of sp³-hybridized carbons (Fsp3) is 0.556. The molecule has 0 radical (unpaired) electrons. The lowest BCUT2D eigenvalue weighted by molar-refractivity contribution is 0.0441. The van der Waals surface area contributed by atoms with Crippen molar-refractivity contribution >= 4 is 19.8 Å². The van der Waals surface area contributed by atoms with Crippen LogP contribution in [-0.4, -0.2) is 49.8 Å². The van der Waals surface area contributed by atoms with Crippen LogP contribution in [0.25, 0.3) is 0 Å². The molecule has 9 nitrogen and oxygen atoms in total. The van der Waals surface area contributed by atoms with Crippen molar-refractivity contribution in [3.05, 3.63) is 12.0 Å². The third-order valence-corrected chi connectivity index (χ3v) is 3.08. The molecule has 0 bridgehead atoms. The van der Waals surface area contributed by atoms with Crippen molar-refractivity contribution in [2.45, 2.75) is 19.2 Å². The molecular weight excluding hydrogens is 292 g/mol. The minimum atomic E-state index is -4.32. The normalized spacial score (nSPS) is 16.3. The first-order chi connectivity index (χ1) is 9.39. The van der Waals surface area contributed by atoms with Gasteiger partial charge in [-0.05, 0) is 0 Å². The molecule has 20 heavy (non-hydrogen) atoms. The molecule has 112 valence electrons. The molecule has 0 unspecified atom stereocenters. The first kappa shape index (κ1) is 15.1. The van der Waals surface area contributed by atoms with E-state index >= 15 is 0 Å². The predicted octanol–water partition coefficient (Wildman–Crippen LogP) is -0.278. The number of rotatable bonds is 6. The van der Waals surface area contributed by atoms with Gasteiger partial charge in [-0.1, -0.05) is 0 Å². The SMILES string of the molecule is NN1C=Nc2c(ncn2C[C@H](CF)OCP(=O)(O)O)C1. The van der Waals surface area contributed by atoms with E-state index in [0.717, 1.165) is 0 Å². The van der Waals surface area contributed by atoms with Crippen molar-refractivity contribution in [3.8, 4) is 0 Å². The van der Waals surface area contributed by atoms with Crippen molar-refractivity contribution in [3.63, 3.8) is 0 Å². The number of hydrogen-bond acceptors (Lipinski definition) is 6. The summed E-state index contributed by atoms with van der Waals surface area (Å²) in [6.45, 7) is -0.435. The van der Waals surface area contributed by atoms with E-state index in [1.165, 1.54) is 17.7 Å². The second-order valence-corrected chi connectivity index (χ2v) is 5.91. The number of aliphatic imine (C=N–C) groups is 1. The minimum absolute atomic E-state index is 0.0563. The van der Waals surface area contributed by atoms with Gasteiger partial charge in [0, 0.05) is 0 Å². The fourth-order valence-electron chi connectivity index (χ4n) is 1.72. The maximum Gasteiger partial charge on any atom is 0.350 e. The average Bonchev–Trinajstić information content (AvgIpc) is 2.75. The van der Waals surface area contributed by atoms with E-state index in [4.69, 9.17) is 20.4 Å². The number of hydrazine groups is 1. The topological polar surface area (TPSA) is 126 Å². The molecule has 1 aromatic rings. The largest absolute Gasteiger partial charge is 0.361 e. The molecule has 1 aliphatic heterocycles. The molecule has 0 aromatic carbocycles. The van der Waals surface area contributed by atoms with Gasteiger partial charge in [-0.25, -0.2) is 20.2 Å². The summed E-state index contributed by atoms with van der Waals surface area (Å²) in [4.78, 5) is 25.6. The number of imidazole rings is 1. The molecule has 0 amide bonds. The number of nitrogens with two attached hydrogens (primary N) is 1. The molecule has 2 rings (SSSR count). The second kappa shape index (κ2) is 5.98. The zero-order valence-corrected chi connectivity index (χ0v) is 11.4. The molecule has 0 saturated heterocycles. The van der Waals surface area contributed by atoms with Gasteiger partial charge in [-0.2, -0.15) is 0 Å². The van der Waals surface area contributed by atoms with Crippen LogP contribution >= 0.6 is 7.60 Å². The van der Waals surface area contributed by atoms with Crippen LogP contribution in [0.3, 0.4) is 0 Å². The van der Waals surface area contributed by atoms with Crippen molar-refractivity contribution in [1.82, 2.24) is 14.6 Å². The summed E-state index contributed by atoms with van der Waals surface area (Å²) in [5, 5.41) is 1.36. The monoisotopic (exact) mass is 307 g/mol. The summed E-state index contributed by atoms with van der Waals surface area (Å²) in [7, 11) is -4.32. The Morgan fingerprint density at radius 3 is 3.00 bits per heavy atom. The van der Waals surface area contributed by atoms with Crippen LogP contribution in [0.4, 0.5) is 10.2 Å². The Morgan fingerprint density at radius 1 is 1.60 bits per heavy atom. The third kappa shape index (κ3) is 3.84. The number of alkyl halides is 1. The molecule has 0 spiro atoms. The highest BCUT2D eigenvalue weighted by molar-refractivity contribution is 7.51. The standard InChI is InChI=1S/C9H15FN5O4P/c10-1-7(19-6-20(16,17)18)2-14-4-12-8-3-15(11)5-13-9(8)14/h4-5,7H,1-3,6,11H2,(H2,16,17,18)/t7-/m0/s1. The van der Waals surface area contributed by atoms with Gasteiger partial charge in [-0.15, -0.1) is 0 Å². The molecule has 4 N–H and O–H groups in total. The number of ether oxygens (including phenoxy) is 1. The number of halogens is 1. The van der Waals surface area contributed by atoms with E-state index in [1.807, 2.05) is 0 Å². The van der Waals surface area contributed by atoms with Gasteiger partial charge < -0.3 is 19.1 Å². The molecule has 1 aromatic heterocycles. The van der Waals surface area contributed by atoms with Crippen LogP contribution in [0.15, 0.2) is 11.3 Å². The Morgan fingerprint density at radius 2 is 2.35 bits per heavy atom. The van der Waals surface area contributed by atoms with Crippen LogP contribution in [0.1, 0.15) is 5.69 Å². The van der Waals surface area contributed by atoms with Crippen molar-refractivity contribution < 1.29 is 23.5 Å². The number of fused-ring (bicyclic) bond motifs is 1. The van der Waals surface area contributed by atoms with Gasteiger partial charge in [0.25, 0.3) is 0 Å². The molecule has 11 heteroatoms. The van der Waals surface area contributed by atoms with Gasteiger partial charge in [0.1, 0.15) is 31.2 Å². The highest BCUT2D eigenvalue weighted by Crippen LogP contribution is 2.34. The van der Waals surface area contributed by atoms with Gasteiger partial charge in [-0.3, -0.25) is 9.57 Å². The zero-order valence-electron chi connectivity index (χ0n) is 10.5. The smallest absolute Gasteiger partial charge is 0.350 e. The average molecular weight is 307 g/mol. The van der Waals surface area contributed by atoms with Crippen LogP contribution in [0.5, 0.6) is 0 Å². The molecule has 2 heterocycles. The van der Waals surface area contributed by atoms with Gasteiger partial charge in [0.15, 0.2) is 5.82 Å². The van der Waals surface area contributed by atoms with E-state index in [-0.39, 0.29) is 6.54 Å².